The summed E-state index contributed by atoms with van der Waals surface area (Å²) in [4.78, 5) is 0. The number of thioether (sulfide) groups is 1. The molecule has 0 aliphatic carbocycles. The lowest BCUT2D eigenvalue weighted by molar-refractivity contribution is 0.617. The molecule has 0 fully saturated rings. The van der Waals surface area contributed by atoms with Crippen LogP contribution in [-0.2, 0) is 5.75 Å². The lowest BCUT2D eigenvalue weighted by Crippen LogP contribution is -1.93. The minimum atomic E-state index is -0.225. The van der Waals surface area contributed by atoms with Crippen molar-refractivity contribution in [3.63, 3.8) is 0 Å². The number of hydrogen-bond donors (Lipinski definition) is 0. The van der Waals surface area contributed by atoms with E-state index in [4.69, 9.17) is 5.26 Å². The molecule has 1 nitrogen and oxygen atoms in total. The first-order valence-electron chi connectivity index (χ1n) is 4.43. The van der Waals surface area contributed by atoms with Crippen molar-refractivity contribution in [1.82, 2.24) is 0 Å². The topological polar surface area (TPSA) is 23.8 Å². The Kier molecular flexibility index (Phi) is 3.97. The molecule has 0 aromatic heterocycles. The quantitative estimate of drug-likeness (QED) is 0.762. The van der Waals surface area contributed by atoms with Gasteiger partial charge in [0, 0.05) is 5.75 Å². The van der Waals surface area contributed by atoms with Crippen LogP contribution < -0.4 is 0 Å². The molecule has 1 aromatic carbocycles. The van der Waals surface area contributed by atoms with Gasteiger partial charge in [-0.05, 0) is 29.0 Å². The maximum Gasteiger partial charge on any atom is 0.127 e. The first-order chi connectivity index (χ1) is 6.63. The van der Waals surface area contributed by atoms with Crippen LogP contribution in [0.25, 0.3) is 0 Å². The number of halogens is 1. The van der Waals surface area contributed by atoms with E-state index in [1.54, 1.807) is 17.8 Å². The van der Waals surface area contributed by atoms with Crippen molar-refractivity contribution in [2.45, 2.75) is 24.9 Å². The molecule has 0 amide bonds. The van der Waals surface area contributed by atoms with Crippen LogP contribution in [0.15, 0.2) is 18.2 Å². The Morgan fingerprint density at radius 3 is 2.79 bits per heavy atom. The van der Waals surface area contributed by atoms with Crippen molar-refractivity contribution in [1.29, 1.82) is 5.26 Å². The van der Waals surface area contributed by atoms with Gasteiger partial charge in [-0.2, -0.15) is 17.0 Å². The van der Waals surface area contributed by atoms with E-state index in [0.29, 0.717) is 22.1 Å². The van der Waals surface area contributed by atoms with Crippen LogP contribution in [-0.4, -0.2) is 5.25 Å². The standard InChI is InChI=1S/C11H12FNS/c1-8(2)14-7-10-5-9(6-13)3-4-11(10)12/h3-5,8H,7H2,1-2H3. The van der Waals surface area contributed by atoms with Crippen LogP contribution in [0.2, 0.25) is 0 Å². The van der Waals surface area contributed by atoms with Crippen molar-refractivity contribution >= 4 is 11.8 Å². The van der Waals surface area contributed by atoms with Gasteiger partial charge in [-0.25, -0.2) is 4.39 Å². The lowest BCUT2D eigenvalue weighted by Gasteiger charge is -2.05. The van der Waals surface area contributed by atoms with E-state index in [2.05, 4.69) is 13.8 Å². The van der Waals surface area contributed by atoms with Gasteiger partial charge < -0.3 is 0 Å². The second-order valence-corrected chi connectivity index (χ2v) is 4.84. The van der Waals surface area contributed by atoms with E-state index in [0.717, 1.165) is 0 Å². The highest BCUT2D eigenvalue weighted by atomic mass is 32.2. The van der Waals surface area contributed by atoms with Gasteiger partial charge in [0.1, 0.15) is 5.82 Å². The molecular weight excluding hydrogens is 197 g/mol. The summed E-state index contributed by atoms with van der Waals surface area (Å²) < 4.78 is 13.2. The first-order valence-corrected chi connectivity index (χ1v) is 5.48. The normalized spacial score (nSPS) is 10.2. The molecule has 0 spiro atoms. The third-order valence-corrected chi connectivity index (χ3v) is 2.89. The van der Waals surface area contributed by atoms with E-state index in [1.165, 1.54) is 12.1 Å². The number of nitrogens with zero attached hydrogens (tertiary/aromatic N) is 1. The highest BCUT2D eigenvalue weighted by Gasteiger charge is 2.04. The van der Waals surface area contributed by atoms with Gasteiger partial charge in [0.15, 0.2) is 0 Å². The van der Waals surface area contributed by atoms with Crippen LogP contribution in [0.4, 0.5) is 4.39 Å². The van der Waals surface area contributed by atoms with E-state index in [9.17, 15) is 4.39 Å². The molecule has 74 valence electrons. The molecule has 0 saturated carbocycles. The third-order valence-electron chi connectivity index (χ3n) is 1.75. The van der Waals surface area contributed by atoms with Crippen LogP contribution in [0.3, 0.4) is 0 Å². The van der Waals surface area contributed by atoms with Crippen molar-refractivity contribution in [3.8, 4) is 6.07 Å². The molecule has 0 N–H and O–H groups in total. The lowest BCUT2D eigenvalue weighted by atomic mass is 10.1. The monoisotopic (exact) mass is 209 g/mol. The Bertz CT molecular complexity index is 355. The fourth-order valence-corrected chi connectivity index (χ4v) is 1.75. The van der Waals surface area contributed by atoms with Crippen molar-refractivity contribution in [2.24, 2.45) is 0 Å². The van der Waals surface area contributed by atoms with E-state index in [1.807, 2.05) is 6.07 Å². The highest BCUT2D eigenvalue weighted by Crippen LogP contribution is 2.20. The SMILES string of the molecule is CC(C)SCc1cc(C#N)ccc1F. The van der Waals surface area contributed by atoms with Gasteiger partial charge in [-0.3, -0.25) is 0 Å². The Labute approximate surface area is 87.9 Å². The number of nitriles is 1. The maximum absolute atomic E-state index is 13.2. The summed E-state index contributed by atoms with van der Waals surface area (Å²) in [6.45, 7) is 4.13. The highest BCUT2D eigenvalue weighted by molar-refractivity contribution is 7.99. The molecule has 0 bridgehead atoms. The fraction of sp³-hybridized carbons (Fsp3) is 0.364. The zero-order valence-corrected chi connectivity index (χ0v) is 9.07. The summed E-state index contributed by atoms with van der Waals surface area (Å²) in [7, 11) is 0. The molecule has 14 heavy (non-hydrogen) atoms. The second-order valence-electron chi connectivity index (χ2n) is 3.28. The van der Waals surface area contributed by atoms with Gasteiger partial charge in [0.2, 0.25) is 0 Å². The predicted molar refractivity (Wildman–Crippen MR) is 57.5 cm³/mol. The molecule has 0 unspecified atom stereocenters. The summed E-state index contributed by atoms with van der Waals surface area (Å²) in [6.07, 6.45) is 0. The average Bonchev–Trinajstić information content (AvgIpc) is 2.16. The summed E-state index contributed by atoms with van der Waals surface area (Å²) in [6, 6.07) is 6.48. The van der Waals surface area contributed by atoms with Crippen LogP contribution >= 0.6 is 11.8 Å². The zero-order valence-electron chi connectivity index (χ0n) is 8.25. The third kappa shape index (κ3) is 3.04. The van der Waals surface area contributed by atoms with Gasteiger partial charge in [-0.1, -0.05) is 13.8 Å². The summed E-state index contributed by atoms with van der Waals surface area (Å²) in [5, 5.41) is 9.12. The fourth-order valence-electron chi connectivity index (χ4n) is 1.01. The largest absolute Gasteiger partial charge is 0.207 e. The summed E-state index contributed by atoms with van der Waals surface area (Å²) in [5.41, 5.74) is 1.13. The molecule has 0 saturated heterocycles. The molecule has 0 aliphatic rings. The van der Waals surface area contributed by atoms with Gasteiger partial charge >= 0.3 is 0 Å². The molecule has 0 radical (unpaired) electrons. The first kappa shape index (κ1) is 11.1. The Morgan fingerprint density at radius 2 is 2.21 bits per heavy atom. The van der Waals surface area contributed by atoms with E-state index < -0.39 is 0 Å². The molecule has 0 aliphatic heterocycles. The van der Waals surface area contributed by atoms with E-state index >= 15 is 0 Å². The molecule has 0 heterocycles. The van der Waals surface area contributed by atoms with Crippen molar-refractivity contribution in [2.75, 3.05) is 0 Å². The number of rotatable bonds is 3. The summed E-state index contributed by atoms with van der Waals surface area (Å²) >= 11 is 1.67. The van der Waals surface area contributed by atoms with Crippen LogP contribution in [0.1, 0.15) is 25.0 Å². The molecular formula is C11H12FNS. The molecule has 1 aromatic rings. The van der Waals surface area contributed by atoms with E-state index in [-0.39, 0.29) is 5.82 Å². The van der Waals surface area contributed by atoms with Gasteiger partial charge in [0.05, 0.1) is 11.6 Å². The second kappa shape index (κ2) is 5.02. The minimum absolute atomic E-state index is 0.225. The van der Waals surface area contributed by atoms with Crippen molar-refractivity contribution in [3.05, 3.63) is 35.1 Å². The Hall–Kier alpha value is -1.01. The van der Waals surface area contributed by atoms with Gasteiger partial charge in [0.25, 0.3) is 0 Å². The van der Waals surface area contributed by atoms with Crippen molar-refractivity contribution < 1.29 is 4.39 Å². The Morgan fingerprint density at radius 1 is 1.50 bits per heavy atom. The van der Waals surface area contributed by atoms with Crippen LogP contribution in [0, 0.1) is 17.1 Å². The average molecular weight is 209 g/mol. The van der Waals surface area contributed by atoms with Gasteiger partial charge in [-0.15, -0.1) is 0 Å². The van der Waals surface area contributed by atoms with Crippen LogP contribution in [0.5, 0.6) is 0 Å². The minimum Gasteiger partial charge on any atom is -0.207 e. The predicted octanol–water partition coefficient (Wildman–Crippen LogP) is 3.34. The molecule has 1 rings (SSSR count). The number of hydrogen-bond acceptors (Lipinski definition) is 2. The summed E-state index contributed by atoms with van der Waals surface area (Å²) in [5.74, 6) is 0.399. The molecule has 0 atom stereocenters. The maximum atomic E-state index is 13.2. The molecule has 3 heteroatoms. The Balaban J connectivity index is 2.80. The number of benzene rings is 1. The zero-order chi connectivity index (χ0) is 10.6. The smallest absolute Gasteiger partial charge is 0.127 e.